The average Bonchev–Trinajstić information content (AvgIpc) is 3.83. The fraction of sp³-hybridized carbons (Fsp3) is 0.283. The normalized spacial score (nSPS) is 17.9. The van der Waals surface area contributed by atoms with Crippen LogP contribution in [0.4, 0.5) is 11.4 Å². The molecule has 0 bridgehead atoms. The Morgan fingerprint density at radius 3 is 1.57 bits per heavy atom. The first-order chi connectivity index (χ1) is 28.4. The number of fused-ring (bicyclic) bond motifs is 4. The van der Waals surface area contributed by atoms with E-state index in [-0.39, 0.29) is 23.9 Å². The standard InChI is InChI=1S/C46H45N5O7/c1-47-24-29-8-10-30(11-9-29)32-18-34-25-48-39-22-43(41(55-3)20-37(39)45(52)50(34)27-32)57-16-6-5-7-17-58-44-23-40-38(21-42(44)56-4)46(53)51-28-33(19-35(51)26-49-40)31-12-14-36(54-2)15-13-31/h8-15,20-28,34-35H,5-7,16-19H2,1-4H3/t34-,35-/m0/s1. The Balaban J connectivity index is 0.845. The van der Waals surface area contributed by atoms with E-state index in [2.05, 4.69) is 17.1 Å². The monoisotopic (exact) mass is 779 g/mol. The van der Waals surface area contributed by atoms with Crippen molar-refractivity contribution >= 4 is 53.0 Å². The van der Waals surface area contributed by atoms with Crippen LogP contribution in [0.2, 0.25) is 0 Å². The van der Waals surface area contributed by atoms with Crippen molar-refractivity contribution in [2.45, 2.75) is 44.2 Å². The van der Waals surface area contributed by atoms with E-state index >= 15 is 0 Å². The first kappa shape index (κ1) is 38.2. The van der Waals surface area contributed by atoms with Crippen molar-refractivity contribution < 1.29 is 33.3 Å². The Kier molecular flexibility index (Phi) is 11.1. The summed E-state index contributed by atoms with van der Waals surface area (Å²) >= 11 is 0. The van der Waals surface area contributed by atoms with E-state index in [1.165, 1.54) is 0 Å². The van der Waals surface area contributed by atoms with Gasteiger partial charge in [-0.2, -0.15) is 0 Å². The number of methoxy groups -OCH3 is 3. The van der Waals surface area contributed by atoms with E-state index in [0.717, 1.165) is 52.8 Å². The molecule has 0 N–H and O–H groups in total. The predicted octanol–water partition coefficient (Wildman–Crippen LogP) is 8.33. The molecule has 4 aliphatic heterocycles. The third kappa shape index (κ3) is 7.69. The summed E-state index contributed by atoms with van der Waals surface area (Å²) in [5.74, 6) is 2.54. The molecule has 0 fully saturated rings. The Hall–Kier alpha value is -6.69. The molecule has 0 saturated heterocycles. The molecule has 2 amide bonds. The number of hydrogen-bond donors (Lipinski definition) is 0. The molecule has 0 saturated carbocycles. The third-order valence-electron chi connectivity index (χ3n) is 10.8. The lowest BCUT2D eigenvalue weighted by atomic mass is 10.0. The molecule has 2 atom stereocenters. The fourth-order valence-electron chi connectivity index (χ4n) is 7.63. The van der Waals surface area contributed by atoms with Gasteiger partial charge in [-0.25, -0.2) is 0 Å². The van der Waals surface area contributed by atoms with E-state index in [4.69, 9.17) is 33.7 Å². The second-order valence-corrected chi connectivity index (χ2v) is 14.4. The van der Waals surface area contributed by atoms with Crippen molar-refractivity contribution in [3.8, 4) is 28.7 Å². The quantitative estimate of drug-likeness (QED) is 0.0932. The van der Waals surface area contributed by atoms with Crippen molar-refractivity contribution in [2.24, 2.45) is 15.0 Å². The third-order valence-corrected chi connectivity index (χ3v) is 10.8. The molecule has 0 radical (unpaired) electrons. The fourth-order valence-corrected chi connectivity index (χ4v) is 7.63. The summed E-state index contributed by atoms with van der Waals surface area (Å²) < 4.78 is 28.9. The molecule has 4 aliphatic rings. The van der Waals surface area contributed by atoms with Gasteiger partial charge in [0, 0.05) is 63.1 Å². The number of ether oxygens (including phenoxy) is 5. The molecular formula is C46H45N5O7. The van der Waals surface area contributed by atoms with E-state index in [1.54, 1.807) is 62.4 Å². The first-order valence-corrected chi connectivity index (χ1v) is 19.4. The second kappa shape index (κ2) is 16.8. The lowest BCUT2D eigenvalue weighted by molar-refractivity contribution is 0.0809. The highest BCUT2D eigenvalue weighted by molar-refractivity contribution is 6.06. The van der Waals surface area contributed by atoms with Gasteiger partial charge < -0.3 is 33.5 Å². The summed E-state index contributed by atoms with van der Waals surface area (Å²) in [6.07, 6.45) is 13.0. The maximum Gasteiger partial charge on any atom is 0.260 e. The minimum absolute atomic E-state index is 0.131. The summed E-state index contributed by atoms with van der Waals surface area (Å²) in [5.41, 5.74) is 7.30. The van der Waals surface area contributed by atoms with Gasteiger partial charge in [0.05, 0.1) is 69.1 Å². The Labute approximate surface area is 337 Å². The van der Waals surface area contributed by atoms with Gasteiger partial charge >= 0.3 is 0 Å². The van der Waals surface area contributed by atoms with Gasteiger partial charge in [-0.15, -0.1) is 0 Å². The Morgan fingerprint density at radius 1 is 0.638 bits per heavy atom. The van der Waals surface area contributed by atoms with Crippen molar-refractivity contribution in [3.05, 3.63) is 113 Å². The number of hydrogen-bond acceptors (Lipinski definition) is 10. The number of amides is 2. The summed E-state index contributed by atoms with van der Waals surface area (Å²) in [6, 6.07) is 22.6. The van der Waals surface area contributed by atoms with Crippen LogP contribution in [0.5, 0.6) is 28.7 Å². The van der Waals surface area contributed by atoms with Gasteiger partial charge in [0.15, 0.2) is 23.0 Å². The molecule has 296 valence electrons. The summed E-state index contributed by atoms with van der Waals surface area (Å²) in [6.45, 7) is 0.892. The van der Waals surface area contributed by atoms with Crippen LogP contribution in [0.3, 0.4) is 0 Å². The molecule has 4 aromatic rings. The van der Waals surface area contributed by atoms with Crippen molar-refractivity contribution in [2.75, 3.05) is 41.6 Å². The smallest absolute Gasteiger partial charge is 0.260 e. The number of unbranched alkanes of at least 4 members (excludes halogenated alkanes) is 2. The minimum Gasteiger partial charge on any atom is -0.497 e. The highest BCUT2D eigenvalue weighted by Crippen LogP contribution is 2.42. The lowest BCUT2D eigenvalue weighted by Gasteiger charge is -2.19. The SMILES string of the molecule is CN=Cc1ccc(C2=CN3C(=O)c4cc(OC)c(OCCCCCOc5cc6c(cc5OC)C(=O)N5C=C(c7ccc(OC)cc7)C[C@H]5C=N6)cc4N=C[C@@H]3C2)cc1. The van der Waals surface area contributed by atoms with Crippen LogP contribution in [-0.2, 0) is 0 Å². The van der Waals surface area contributed by atoms with Gasteiger partial charge in [-0.05, 0) is 71.4 Å². The molecule has 12 nitrogen and oxygen atoms in total. The van der Waals surface area contributed by atoms with Crippen molar-refractivity contribution in [3.63, 3.8) is 0 Å². The van der Waals surface area contributed by atoms with Crippen LogP contribution in [0, 0.1) is 0 Å². The zero-order chi connectivity index (χ0) is 40.2. The van der Waals surface area contributed by atoms with Crippen LogP contribution in [0.25, 0.3) is 11.1 Å². The van der Waals surface area contributed by atoms with Gasteiger partial charge in [0.2, 0.25) is 0 Å². The number of carbonyl (C=O) groups is 2. The van der Waals surface area contributed by atoms with E-state index in [1.807, 2.05) is 67.4 Å². The van der Waals surface area contributed by atoms with Crippen LogP contribution in [0.15, 0.2) is 100 Å². The highest BCUT2D eigenvalue weighted by atomic mass is 16.5. The number of carbonyl (C=O) groups excluding carboxylic acids is 2. The van der Waals surface area contributed by atoms with Gasteiger partial charge in [0.1, 0.15) is 5.75 Å². The molecule has 0 spiro atoms. The summed E-state index contributed by atoms with van der Waals surface area (Å²) in [4.78, 5) is 44.5. The van der Waals surface area contributed by atoms with E-state index < -0.39 is 0 Å². The summed E-state index contributed by atoms with van der Waals surface area (Å²) in [5, 5.41) is 0. The molecule has 0 unspecified atom stereocenters. The second-order valence-electron chi connectivity index (χ2n) is 14.4. The predicted molar refractivity (Wildman–Crippen MR) is 225 cm³/mol. The Morgan fingerprint density at radius 2 is 1.12 bits per heavy atom. The number of benzene rings is 4. The van der Waals surface area contributed by atoms with Crippen molar-refractivity contribution in [1.29, 1.82) is 0 Å². The van der Waals surface area contributed by atoms with Gasteiger partial charge in [0.25, 0.3) is 11.8 Å². The maximum atomic E-state index is 13.8. The zero-order valence-electron chi connectivity index (χ0n) is 33.0. The molecule has 8 rings (SSSR count). The summed E-state index contributed by atoms with van der Waals surface area (Å²) in [7, 11) is 6.52. The molecule has 4 aromatic carbocycles. The Bertz CT molecular complexity index is 2360. The molecule has 0 aliphatic carbocycles. The topological polar surface area (TPSA) is 124 Å². The zero-order valence-corrected chi connectivity index (χ0v) is 33.0. The average molecular weight is 780 g/mol. The number of rotatable bonds is 14. The lowest BCUT2D eigenvalue weighted by Crippen LogP contribution is -2.32. The minimum atomic E-state index is -0.185. The van der Waals surface area contributed by atoms with E-state index in [0.29, 0.717) is 71.6 Å². The van der Waals surface area contributed by atoms with Crippen LogP contribution in [-0.4, -0.2) is 93.9 Å². The van der Waals surface area contributed by atoms with Crippen molar-refractivity contribution in [1.82, 2.24) is 9.80 Å². The first-order valence-electron chi connectivity index (χ1n) is 19.4. The number of aliphatic imine (C=N–C) groups is 3. The number of nitrogens with zero attached hydrogens (tertiary/aromatic N) is 5. The van der Waals surface area contributed by atoms with Crippen LogP contribution >= 0.6 is 0 Å². The molecule has 12 heteroatoms. The molecule has 0 aromatic heterocycles. The highest BCUT2D eigenvalue weighted by Gasteiger charge is 2.35. The van der Waals surface area contributed by atoms with Gasteiger partial charge in [-0.3, -0.25) is 24.6 Å². The largest absolute Gasteiger partial charge is 0.497 e. The van der Waals surface area contributed by atoms with Crippen LogP contribution in [0.1, 0.15) is 69.5 Å². The molecule has 58 heavy (non-hydrogen) atoms. The molecular weight excluding hydrogens is 735 g/mol. The van der Waals surface area contributed by atoms with E-state index in [9.17, 15) is 9.59 Å². The molecule has 4 heterocycles. The van der Waals surface area contributed by atoms with Crippen LogP contribution < -0.4 is 23.7 Å². The maximum absolute atomic E-state index is 13.8. The van der Waals surface area contributed by atoms with Gasteiger partial charge in [-0.1, -0.05) is 36.4 Å².